The molecule has 0 bridgehead atoms. The number of aryl methyl sites for hydroxylation is 1. The van der Waals surface area contributed by atoms with Gasteiger partial charge < -0.3 is 5.32 Å². The maximum Gasteiger partial charge on any atom is 0.00966 e. The lowest BCUT2D eigenvalue weighted by atomic mass is 9.77. The Kier molecular flexibility index (Phi) is 5.87. The first-order valence-electron chi connectivity index (χ1n) is 8.74. The lowest BCUT2D eigenvalue weighted by Crippen LogP contribution is -2.41. The molecule has 118 valence electrons. The van der Waals surface area contributed by atoms with Crippen LogP contribution in [0, 0.1) is 18.8 Å². The van der Waals surface area contributed by atoms with Crippen molar-refractivity contribution in [2.24, 2.45) is 11.8 Å². The summed E-state index contributed by atoms with van der Waals surface area (Å²) in [4.78, 5) is 0. The summed E-state index contributed by atoms with van der Waals surface area (Å²) in [6.07, 6.45) is 8.41. The Morgan fingerprint density at radius 3 is 2.48 bits per heavy atom. The Bertz CT molecular complexity index is 424. The molecular weight excluding hydrogens is 254 g/mol. The molecule has 0 aromatic heterocycles. The molecular formula is C20H33N. The first-order valence-corrected chi connectivity index (χ1v) is 8.74. The second-order valence-corrected chi connectivity index (χ2v) is 7.98. The van der Waals surface area contributed by atoms with Crippen LogP contribution >= 0.6 is 0 Å². The van der Waals surface area contributed by atoms with E-state index in [0.717, 1.165) is 18.4 Å². The van der Waals surface area contributed by atoms with Crippen molar-refractivity contribution in [2.75, 3.05) is 6.54 Å². The van der Waals surface area contributed by atoms with Crippen LogP contribution in [0.2, 0.25) is 0 Å². The van der Waals surface area contributed by atoms with Crippen molar-refractivity contribution in [3.05, 3.63) is 35.4 Å². The smallest absolute Gasteiger partial charge is 0.00966 e. The summed E-state index contributed by atoms with van der Waals surface area (Å²) in [5.74, 6) is 1.69. The monoisotopic (exact) mass is 287 g/mol. The van der Waals surface area contributed by atoms with Gasteiger partial charge in [0.1, 0.15) is 0 Å². The Morgan fingerprint density at radius 2 is 1.86 bits per heavy atom. The average Bonchev–Trinajstić information content (AvgIpc) is 2.43. The number of nitrogens with one attached hydrogen (secondary N) is 1. The van der Waals surface area contributed by atoms with Crippen LogP contribution in [0.4, 0.5) is 0 Å². The summed E-state index contributed by atoms with van der Waals surface area (Å²) in [6, 6.07) is 9.08. The highest BCUT2D eigenvalue weighted by molar-refractivity contribution is 5.22. The van der Waals surface area contributed by atoms with Crippen LogP contribution in [-0.4, -0.2) is 12.1 Å². The van der Waals surface area contributed by atoms with Crippen molar-refractivity contribution in [2.45, 2.75) is 71.8 Å². The normalized spacial score (nSPS) is 18.7. The number of rotatable bonds is 5. The van der Waals surface area contributed by atoms with Gasteiger partial charge in [0.15, 0.2) is 0 Å². The lowest BCUT2D eigenvalue weighted by Gasteiger charge is -2.33. The summed E-state index contributed by atoms with van der Waals surface area (Å²) in [7, 11) is 0. The molecule has 1 aliphatic rings. The zero-order valence-electron chi connectivity index (χ0n) is 14.4. The van der Waals surface area contributed by atoms with E-state index >= 15 is 0 Å². The third kappa shape index (κ3) is 5.82. The van der Waals surface area contributed by atoms with Gasteiger partial charge in [-0.05, 0) is 58.1 Å². The Hall–Kier alpha value is -0.820. The fourth-order valence-electron chi connectivity index (χ4n) is 3.59. The molecule has 0 amide bonds. The molecule has 1 nitrogen and oxygen atoms in total. The molecule has 1 atom stereocenters. The minimum Gasteiger partial charge on any atom is -0.312 e. The van der Waals surface area contributed by atoms with Crippen molar-refractivity contribution < 1.29 is 0 Å². The quantitative estimate of drug-likeness (QED) is 0.792. The van der Waals surface area contributed by atoms with Gasteiger partial charge >= 0.3 is 0 Å². The van der Waals surface area contributed by atoms with Gasteiger partial charge in [-0.25, -0.2) is 0 Å². The van der Waals surface area contributed by atoms with Gasteiger partial charge in [-0.1, -0.05) is 61.9 Å². The molecule has 1 fully saturated rings. The molecule has 0 aliphatic heterocycles. The maximum absolute atomic E-state index is 3.75. The first kappa shape index (κ1) is 16.5. The molecule has 0 radical (unpaired) electrons. The highest BCUT2D eigenvalue weighted by atomic mass is 14.9. The van der Waals surface area contributed by atoms with Crippen molar-refractivity contribution in [1.82, 2.24) is 5.32 Å². The lowest BCUT2D eigenvalue weighted by molar-refractivity contribution is 0.225. The zero-order chi connectivity index (χ0) is 15.3. The van der Waals surface area contributed by atoms with Gasteiger partial charge in [-0.15, -0.1) is 0 Å². The van der Waals surface area contributed by atoms with Crippen LogP contribution in [0.25, 0.3) is 0 Å². The number of hydrogen-bond donors (Lipinski definition) is 1. The summed E-state index contributed by atoms with van der Waals surface area (Å²) in [6.45, 7) is 10.2. The fraction of sp³-hybridized carbons (Fsp3) is 0.700. The SMILES string of the molecule is Cc1cccc(CC(CNC(C)(C)C)C2CCCCC2)c1. The van der Waals surface area contributed by atoms with E-state index in [1.165, 1.54) is 49.7 Å². The topological polar surface area (TPSA) is 12.0 Å². The average molecular weight is 287 g/mol. The van der Waals surface area contributed by atoms with Crippen LogP contribution in [0.5, 0.6) is 0 Å². The van der Waals surface area contributed by atoms with E-state index in [0.29, 0.717) is 0 Å². The van der Waals surface area contributed by atoms with Crippen LogP contribution in [0.15, 0.2) is 24.3 Å². The largest absolute Gasteiger partial charge is 0.312 e. The minimum absolute atomic E-state index is 0.222. The van der Waals surface area contributed by atoms with Crippen molar-refractivity contribution in [3.8, 4) is 0 Å². The second-order valence-electron chi connectivity index (χ2n) is 7.98. The van der Waals surface area contributed by atoms with Crippen LogP contribution in [-0.2, 0) is 6.42 Å². The molecule has 1 aromatic carbocycles. The molecule has 1 saturated carbocycles. The van der Waals surface area contributed by atoms with Crippen LogP contribution in [0.3, 0.4) is 0 Å². The van der Waals surface area contributed by atoms with Gasteiger partial charge in [-0.3, -0.25) is 0 Å². The fourth-order valence-corrected chi connectivity index (χ4v) is 3.59. The molecule has 21 heavy (non-hydrogen) atoms. The van der Waals surface area contributed by atoms with E-state index in [1.807, 2.05) is 0 Å². The van der Waals surface area contributed by atoms with Gasteiger partial charge in [-0.2, -0.15) is 0 Å². The summed E-state index contributed by atoms with van der Waals surface area (Å²) in [5.41, 5.74) is 3.12. The third-order valence-corrected chi connectivity index (χ3v) is 4.79. The highest BCUT2D eigenvalue weighted by Crippen LogP contribution is 2.32. The van der Waals surface area contributed by atoms with Gasteiger partial charge in [0.2, 0.25) is 0 Å². The molecule has 1 N–H and O–H groups in total. The van der Waals surface area contributed by atoms with Crippen molar-refractivity contribution >= 4 is 0 Å². The second kappa shape index (κ2) is 7.45. The summed E-state index contributed by atoms with van der Waals surface area (Å²) >= 11 is 0. The van der Waals surface area contributed by atoms with E-state index in [2.05, 4.69) is 57.3 Å². The molecule has 1 unspecified atom stereocenters. The van der Waals surface area contributed by atoms with E-state index in [4.69, 9.17) is 0 Å². The minimum atomic E-state index is 0.222. The van der Waals surface area contributed by atoms with Crippen LogP contribution < -0.4 is 5.32 Å². The molecule has 2 rings (SSSR count). The van der Waals surface area contributed by atoms with E-state index in [1.54, 1.807) is 0 Å². The molecule has 1 heteroatoms. The molecule has 0 spiro atoms. The van der Waals surface area contributed by atoms with Gasteiger partial charge in [0.05, 0.1) is 0 Å². The molecule has 0 saturated heterocycles. The molecule has 1 aromatic rings. The Labute approximate surface area is 131 Å². The number of benzene rings is 1. The Balaban J connectivity index is 2.03. The van der Waals surface area contributed by atoms with Crippen molar-refractivity contribution in [1.29, 1.82) is 0 Å². The first-order chi connectivity index (χ1) is 9.94. The van der Waals surface area contributed by atoms with E-state index in [-0.39, 0.29) is 5.54 Å². The maximum atomic E-state index is 3.75. The zero-order valence-corrected chi connectivity index (χ0v) is 14.4. The highest BCUT2D eigenvalue weighted by Gasteiger charge is 2.25. The predicted molar refractivity (Wildman–Crippen MR) is 92.7 cm³/mol. The van der Waals surface area contributed by atoms with Gasteiger partial charge in [0.25, 0.3) is 0 Å². The van der Waals surface area contributed by atoms with E-state index in [9.17, 15) is 0 Å². The number of hydrogen-bond acceptors (Lipinski definition) is 1. The predicted octanol–water partition coefficient (Wildman–Crippen LogP) is 5.12. The Morgan fingerprint density at radius 1 is 1.14 bits per heavy atom. The third-order valence-electron chi connectivity index (χ3n) is 4.79. The molecule has 0 heterocycles. The summed E-state index contributed by atoms with van der Waals surface area (Å²) in [5, 5.41) is 3.75. The summed E-state index contributed by atoms with van der Waals surface area (Å²) < 4.78 is 0. The van der Waals surface area contributed by atoms with Crippen LogP contribution in [0.1, 0.15) is 64.0 Å². The standard InChI is InChI=1S/C20H33N/c1-16-9-8-10-17(13-16)14-19(15-21-20(2,3)4)18-11-6-5-7-12-18/h8-10,13,18-19,21H,5-7,11-12,14-15H2,1-4H3. The van der Waals surface area contributed by atoms with Gasteiger partial charge in [0, 0.05) is 5.54 Å². The van der Waals surface area contributed by atoms with E-state index < -0.39 is 0 Å². The van der Waals surface area contributed by atoms with Crippen molar-refractivity contribution in [3.63, 3.8) is 0 Å². The molecule has 1 aliphatic carbocycles.